The lowest BCUT2D eigenvalue weighted by Gasteiger charge is -2.21. The SMILES string of the molecule is O=C1c2c(OCc3ccccc3)cccc2S(=O)(=O)N1COP(=O)(OCc1ccccc1)OCc1ccccc1. The molecule has 0 unspecified atom stereocenters. The zero-order chi connectivity index (χ0) is 28.0. The van der Waals surface area contributed by atoms with E-state index in [2.05, 4.69) is 0 Å². The molecular formula is C29H26NO8PS. The summed E-state index contributed by atoms with van der Waals surface area (Å²) < 4.78 is 63.1. The monoisotopic (exact) mass is 579 g/mol. The molecule has 1 amide bonds. The van der Waals surface area contributed by atoms with Crippen LogP contribution >= 0.6 is 7.82 Å². The van der Waals surface area contributed by atoms with Crippen molar-refractivity contribution in [2.24, 2.45) is 0 Å². The van der Waals surface area contributed by atoms with E-state index < -0.39 is 30.5 Å². The number of ether oxygens (including phenoxy) is 1. The van der Waals surface area contributed by atoms with Crippen LogP contribution in [-0.4, -0.2) is 25.4 Å². The quantitative estimate of drug-likeness (QED) is 0.190. The molecule has 0 bridgehead atoms. The molecule has 0 saturated heterocycles. The first-order valence-electron chi connectivity index (χ1n) is 12.3. The first kappa shape index (κ1) is 27.8. The van der Waals surface area contributed by atoms with Gasteiger partial charge in [0.25, 0.3) is 15.9 Å². The third-order valence-electron chi connectivity index (χ3n) is 6.03. The first-order valence-corrected chi connectivity index (χ1v) is 15.2. The highest BCUT2D eigenvalue weighted by molar-refractivity contribution is 7.90. The number of amides is 1. The van der Waals surface area contributed by atoms with Crippen LogP contribution in [0.3, 0.4) is 0 Å². The molecule has 0 atom stereocenters. The summed E-state index contributed by atoms with van der Waals surface area (Å²) in [5, 5.41) is 0. The van der Waals surface area contributed by atoms with E-state index in [0.717, 1.165) is 5.56 Å². The molecule has 0 fully saturated rings. The van der Waals surface area contributed by atoms with Gasteiger partial charge in [0, 0.05) is 0 Å². The van der Waals surface area contributed by atoms with E-state index in [1.807, 2.05) is 42.5 Å². The summed E-state index contributed by atoms with van der Waals surface area (Å²) in [4.78, 5) is 13.1. The van der Waals surface area contributed by atoms with Crippen LogP contribution in [0.1, 0.15) is 27.0 Å². The number of nitrogens with zero attached hydrogens (tertiary/aromatic N) is 1. The molecule has 9 nitrogen and oxygen atoms in total. The fourth-order valence-corrected chi connectivity index (χ4v) is 6.57. The fourth-order valence-electron chi connectivity index (χ4n) is 3.96. The molecule has 0 aliphatic carbocycles. The lowest BCUT2D eigenvalue weighted by atomic mass is 10.2. The van der Waals surface area contributed by atoms with Crippen LogP contribution in [-0.2, 0) is 48.0 Å². The topological polar surface area (TPSA) is 108 Å². The number of carbonyl (C=O) groups is 1. The van der Waals surface area contributed by atoms with Gasteiger partial charge in [-0.15, -0.1) is 0 Å². The van der Waals surface area contributed by atoms with Crippen molar-refractivity contribution in [2.75, 3.05) is 6.73 Å². The number of hydrogen-bond donors (Lipinski definition) is 0. The Labute approximate surface area is 232 Å². The number of benzene rings is 4. The zero-order valence-electron chi connectivity index (χ0n) is 21.3. The van der Waals surface area contributed by atoms with E-state index in [4.69, 9.17) is 18.3 Å². The van der Waals surface area contributed by atoms with Gasteiger partial charge < -0.3 is 4.74 Å². The van der Waals surface area contributed by atoms with Crippen molar-refractivity contribution < 1.29 is 36.1 Å². The molecule has 1 aliphatic rings. The third kappa shape index (κ3) is 6.33. The highest BCUT2D eigenvalue weighted by Gasteiger charge is 2.45. The van der Waals surface area contributed by atoms with E-state index in [0.29, 0.717) is 15.4 Å². The minimum absolute atomic E-state index is 0.112. The number of phosphoric ester groups is 1. The molecule has 206 valence electrons. The Morgan fingerprint density at radius 3 is 1.65 bits per heavy atom. The van der Waals surface area contributed by atoms with Crippen LogP contribution < -0.4 is 4.74 Å². The van der Waals surface area contributed by atoms with Gasteiger partial charge in [-0.3, -0.25) is 18.4 Å². The Kier molecular flexibility index (Phi) is 8.44. The van der Waals surface area contributed by atoms with E-state index in [-0.39, 0.29) is 36.0 Å². The van der Waals surface area contributed by atoms with Crippen LogP contribution in [0.2, 0.25) is 0 Å². The van der Waals surface area contributed by atoms with Gasteiger partial charge in [-0.25, -0.2) is 17.3 Å². The van der Waals surface area contributed by atoms with Gasteiger partial charge in [0.2, 0.25) is 0 Å². The molecular weight excluding hydrogens is 553 g/mol. The summed E-state index contributed by atoms with van der Waals surface area (Å²) in [5.41, 5.74) is 2.13. The maximum atomic E-state index is 13.6. The second-order valence-corrected chi connectivity index (χ2v) is 12.3. The predicted octanol–water partition coefficient (Wildman–Crippen LogP) is 5.93. The van der Waals surface area contributed by atoms with Crippen molar-refractivity contribution in [1.82, 2.24) is 4.31 Å². The summed E-state index contributed by atoms with van der Waals surface area (Å²) in [6, 6.07) is 31.5. The molecule has 4 aromatic rings. The molecule has 5 rings (SSSR count). The third-order valence-corrected chi connectivity index (χ3v) is 9.10. The largest absolute Gasteiger partial charge is 0.488 e. The summed E-state index contributed by atoms with van der Waals surface area (Å²) in [7, 11) is -8.65. The Bertz CT molecular complexity index is 1570. The molecule has 0 spiro atoms. The standard InChI is InChI=1S/C29H26NO8PS/c31-29-28-26(35-19-23-11-4-1-5-12-23)17-10-18-27(28)40(33,34)30(29)22-38-39(32,36-20-24-13-6-2-7-14-24)37-21-25-15-8-3-9-16-25/h1-18H,19-22H2. The molecule has 1 aliphatic heterocycles. The fraction of sp³-hybridized carbons (Fsp3) is 0.138. The normalized spacial score (nSPS) is 14.2. The number of hydrogen-bond acceptors (Lipinski definition) is 8. The van der Waals surface area contributed by atoms with Crippen LogP contribution in [0, 0.1) is 0 Å². The number of phosphoric acid groups is 1. The van der Waals surface area contributed by atoms with Gasteiger partial charge in [-0.1, -0.05) is 97.1 Å². The molecule has 11 heteroatoms. The average Bonchev–Trinajstić information content (AvgIpc) is 3.19. The van der Waals surface area contributed by atoms with Crippen molar-refractivity contribution in [3.8, 4) is 5.75 Å². The molecule has 0 saturated carbocycles. The Morgan fingerprint density at radius 2 is 1.12 bits per heavy atom. The first-order chi connectivity index (χ1) is 19.4. The second-order valence-electron chi connectivity index (χ2n) is 8.79. The minimum atomic E-state index is -4.34. The lowest BCUT2D eigenvalue weighted by Crippen LogP contribution is -2.32. The van der Waals surface area contributed by atoms with E-state index in [1.165, 1.54) is 18.2 Å². The zero-order valence-corrected chi connectivity index (χ0v) is 23.0. The number of carbonyl (C=O) groups excluding carboxylic acids is 1. The minimum Gasteiger partial charge on any atom is -0.488 e. The molecule has 1 heterocycles. The summed E-state index contributed by atoms with van der Waals surface area (Å²) in [6.45, 7) is -0.984. The van der Waals surface area contributed by atoms with Crippen molar-refractivity contribution >= 4 is 23.8 Å². The van der Waals surface area contributed by atoms with Crippen molar-refractivity contribution in [3.05, 3.63) is 131 Å². The maximum Gasteiger partial charge on any atom is 0.477 e. The van der Waals surface area contributed by atoms with Crippen LogP contribution in [0.4, 0.5) is 0 Å². The number of sulfonamides is 1. The summed E-state index contributed by atoms with van der Waals surface area (Å²) >= 11 is 0. The average molecular weight is 580 g/mol. The Balaban J connectivity index is 1.33. The van der Waals surface area contributed by atoms with Crippen LogP contribution in [0.15, 0.2) is 114 Å². The van der Waals surface area contributed by atoms with Crippen molar-refractivity contribution in [3.63, 3.8) is 0 Å². The summed E-state index contributed by atoms with van der Waals surface area (Å²) in [5.74, 6) is -0.752. The van der Waals surface area contributed by atoms with Gasteiger partial charge >= 0.3 is 7.82 Å². The highest BCUT2D eigenvalue weighted by atomic mass is 32.2. The molecule has 4 aromatic carbocycles. The van der Waals surface area contributed by atoms with Gasteiger partial charge in [-0.05, 0) is 28.8 Å². The van der Waals surface area contributed by atoms with Crippen LogP contribution in [0.25, 0.3) is 0 Å². The molecule has 0 aromatic heterocycles. The number of fused-ring (bicyclic) bond motifs is 1. The van der Waals surface area contributed by atoms with Crippen molar-refractivity contribution in [2.45, 2.75) is 24.7 Å². The highest BCUT2D eigenvalue weighted by Crippen LogP contribution is 2.51. The van der Waals surface area contributed by atoms with E-state index >= 15 is 0 Å². The van der Waals surface area contributed by atoms with Crippen molar-refractivity contribution in [1.29, 1.82) is 0 Å². The number of rotatable bonds is 12. The molecule has 40 heavy (non-hydrogen) atoms. The van der Waals surface area contributed by atoms with Gasteiger partial charge in [0.15, 0.2) is 0 Å². The Hall–Kier alpha value is -3.79. The Morgan fingerprint density at radius 1 is 0.625 bits per heavy atom. The van der Waals surface area contributed by atoms with E-state index in [1.54, 1.807) is 48.5 Å². The van der Waals surface area contributed by atoms with Gasteiger partial charge in [-0.2, -0.15) is 0 Å². The van der Waals surface area contributed by atoms with E-state index in [9.17, 15) is 17.8 Å². The van der Waals surface area contributed by atoms with Gasteiger partial charge in [0.05, 0.1) is 13.2 Å². The molecule has 0 N–H and O–H groups in total. The molecule has 0 radical (unpaired) electrons. The maximum absolute atomic E-state index is 13.6. The predicted molar refractivity (Wildman–Crippen MR) is 147 cm³/mol. The van der Waals surface area contributed by atoms with Gasteiger partial charge in [0.1, 0.15) is 29.5 Å². The van der Waals surface area contributed by atoms with Crippen LogP contribution in [0.5, 0.6) is 5.75 Å². The smallest absolute Gasteiger partial charge is 0.477 e. The lowest BCUT2D eigenvalue weighted by molar-refractivity contribution is 0.0624. The second kappa shape index (κ2) is 12.2. The summed E-state index contributed by atoms with van der Waals surface area (Å²) in [6.07, 6.45) is 0.